The molecule has 0 heterocycles. The second-order valence-electron chi connectivity index (χ2n) is 7.04. The van der Waals surface area contributed by atoms with Gasteiger partial charge in [0, 0.05) is 5.54 Å². The molecule has 3 N–H and O–H groups in total. The molecule has 4 heteroatoms. The lowest BCUT2D eigenvalue weighted by Crippen LogP contribution is -2.35. The third-order valence-electron chi connectivity index (χ3n) is 2.92. The summed E-state index contributed by atoms with van der Waals surface area (Å²) in [6.07, 6.45) is 0.998. The Labute approximate surface area is 121 Å². The molecule has 1 rings (SSSR count). The van der Waals surface area contributed by atoms with Gasteiger partial charge in [-0.3, -0.25) is 0 Å². The monoisotopic (exact) mass is 278 g/mol. The molecule has 4 nitrogen and oxygen atoms in total. The number of carbonyl (C=O) groups excluding carboxylic acids is 1. The maximum atomic E-state index is 11.5. The zero-order valence-electron chi connectivity index (χ0n) is 13.3. The van der Waals surface area contributed by atoms with E-state index in [2.05, 4.69) is 44.7 Å². The molecule has 1 aromatic rings. The largest absolute Gasteiger partial charge is 0.465 e. The highest BCUT2D eigenvalue weighted by molar-refractivity contribution is 5.91. The van der Waals surface area contributed by atoms with Crippen LogP contribution in [0.1, 0.15) is 51.4 Å². The maximum absolute atomic E-state index is 11.5. The lowest BCUT2D eigenvalue weighted by molar-refractivity contribution is 0.0601. The molecule has 112 valence electrons. The van der Waals surface area contributed by atoms with Gasteiger partial charge in [0.1, 0.15) is 0 Å². The first-order valence-electron chi connectivity index (χ1n) is 6.80. The van der Waals surface area contributed by atoms with Crippen LogP contribution in [0, 0.1) is 5.41 Å². The van der Waals surface area contributed by atoms with Crippen LogP contribution < -0.4 is 11.1 Å². The lowest BCUT2D eigenvalue weighted by Gasteiger charge is -2.34. The lowest BCUT2D eigenvalue weighted by atomic mass is 9.81. The van der Waals surface area contributed by atoms with Crippen LogP contribution in [0.5, 0.6) is 0 Å². The van der Waals surface area contributed by atoms with Gasteiger partial charge in [0.2, 0.25) is 0 Å². The normalized spacial score (nSPS) is 12.1. The fourth-order valence-corrected chi connectivity index (χ4v) is 2.66. The number of esters is 1. The van der Waals surface area contributed by atoms with Gasteiger partial charge in [-0.2, -0.15) is 0 Å². The Morgan fingerprint density at radius 2 is 1.85 bits per heavy atom. The third-order valence-corrected chi connectivity index (χ3v) is 2.92. The molecule has 0 aliphatic carbocycles. The van der Waals surface area contributed by atoms with Crippen molar-refractivity contribution in [2.45, 2.75) is 46.6 Å². The first-order chi connectivity index (χ1) is 9.04. The van der Waals surface area contributed by atoms with Gasteiger partial charge in [-0.25, -0.2) is 4.79 Å². The van der Waals surface area contributed by atoms with E-state index in [-0.39, 0.29) is 16.9 Å². The van der Waals surface area contributed by atoms with Crippen LogP contribution in [0.3, 0.4) is 0 Å². The van der Waals surface area contributed by atoms with Crippen molar-refractivity contribution in [2.75, 3.05) is 18.2 Å². The SMILES string of the molecule is COC(=O)c1ccc(NC(C)(C)CC(C)(C)C)c(N)c1. The number of hydrogen-bond acceptors (Lipinski definition) is 4. The van der Waals surface area contributed by atoms with Gasteiger partial charge in [0.05, 0.1) is 24.0 Å². The summed E-state index contributed by atoms with van der Waals surface area (Å²) in [7, 11) is 1.36. The Morgan fingerprint density at radius 3 is 2.30 bits per heavy atom. The summed E-state index contributed by atoms with van der Waals surface area (Å²) in [4.78, 5) is 11.5. The molecule has 0 amide bonds. The summed E-state index contributed by atoms with van der Waals surface area (Å²) in [6.45, 7) is 10.9. The number of anilines is 2. The first kappa shape index (κ1) is 16.3. The smallest absolute Gasteiger partial charge is 0.337 e. The first-order valence-corrected chi connectivity index (χ1v) is 6.80. The minimum absolute atomic E-state index is 0.0842. The quantitative estimate of drug-likeness (QED) is 0.651. The highest BCUT2D eigenvalue weighted by Crippen LogP contribution is 2.31. The Balaban J connectivity index is 2.91. The molecule has 0 aliphatic rings. The number of benzene rings is 1. The predicted molar refractivity (Wildman–Crippen MR) is 84.0 cm³/mol. The van der Waals surface area contributed by atoms with Crippen molar-refractivity contribution < 1.29 is 9.53 Å². The van der Waals surface area contributed by atoms with E-state index in [0.29, 0.717) is 11.3 Å². The molecule has 0 saturated heterocycles. The average Bonchev–Trinajstić information content (AvgIpc) is 2.27. The van der Waals surface area contributed by atoms with Gasteiger partial charge in [-0.05, 0) is 43.9 Å². The molecular weight excluding hydrogens is 252 g/mol. The number of hydrogen-bond donors (Lipinski definition) is 2. The van der Waals surface area contributed by atoms with Crippen molar-refractivity contribution in [2.24, 2.45) is 5.41 Å². The van der Waals surface area contributed by atoms with E-state index < -0.39 is 0 Å². The molecule has 0 aromatic heterocycles. The van der Waals surface area contributed by atoms with Crippen molar-refractivity contribution in [3.8, 4) is 0 Å². The van der Waals surface area contributed by atoms with E-state index in [1.807, 2.05) is 6.07 Å². The molecule has 0 saturated carbocycles. The van der Waals surface area contributed by atoms with Crippen molar-refractivity contribution in [1.29, 1.82) is 0 Å². The van der Waals surface area contributed by atoms with Crippen LogP contribution in [0.15, 0.2) is 18.2 Å². The van der Waals surface area contributed by atoms with Gasteiger partial charge < -0.3 is 15.8 Å². The molecule has 0 unspecified atom stereocenters. The Hall–Kier alpha value is -1.71. The fourth-order valence-electron chi connectivity index (χ4n) is 2.66. The van der Waals surface area contributed by atoms with Crippen LogP contribution >= 0.6 is 0 Å². The van der Waals surface area contributed by atoms with Gasteiger partial charge in [-0.1, -0.05) is 20.8 Å². The van der Waals surface area contributed by atoms with E-state index in [4.69, 9.17) is 5.73 Å². The number of nitrogen functional groups attached to an aromatic ring is 1. The molecule has 20 heavy (non-hydrogen) atoms. The third kappa shape index (κ3) is 4.76. The topological polar surface area (TPSA) is 64.3 Å². The van der Waals surface area contributed by atoms with Gasteiger partial charge in [0.15, 0.2) is 0 Å². The Morgan fingerprint density at radius 1 is 1.25 bits per heavy atom. The number of nitrogens with two attached hydrogens (primary N) is 1. The predicted octanol–water partition coefficient (Wildman–Crippen LogP) is 3.68. The summed E-state index contributed by atoms with van der Waals surface area (Å²) >= 11 is 0. The molecule has 0 aliphatic heterocycles. The van der Waals surface area contributed by atoms with Crippen molar-refractivity contribution in [1.82, 2.24) is 0 Å². The second kappa shape index (κ2) is 5.73. The minimum Gasteiger partial charge on any atom is -0.465 e. The van der Waals surface area contributed by atoms with Crippen LogP contribution in [-0.4, -0.2) is 18.6 Å². The summed E-state index contributed by atoms with van der Waals surface area (Å²) in [5.74, 6) is -0.378. The summed E-state index contributed by atoms with van der Waals surface area (Å²) in [5.41, 5.74) is 8.00. The molecule has 1 aromatic carbocycles. The molecule has 0 bridgehead atoms. The van der Waals surface area contributed by atoms with Crippen LogP contribution in [-0.2, 0) is 4.74 Å². The number of rotatable bonds is 4. The number of ether oxygens (including phenoxy) is 1. The van der Waals surface area contributed by atoms with Gasteiger partial charge in [0.25, 0.3) is 0 Å². The van der Waals surface area contributed by atoms with E-state index in [1.165, 1.54) is 7.11 Å². The van der Waals surface area contributed by atoms with E-state index in [1.54, 1.807) is 12.1 Å². The molecule has 0 radical (unpaired) electrons. The zero-order valence-corrected chi connectivity index (χ0v) is 13.3. The summed E-state index contributed by atoms with van der Waals surface area (Å²) < 4.78 is 4.68. The Kier molecular flexibility index (Phi) is 4.69. The van der Waals surface area contributed by atoms with Crippen molar-refractivity contribution in [3.63, 3.8) is 0 Å². The van der Waals surface area contributed by atoms with E-state index in [9.17, 15) is 4.79 Å². The maximum Gasteiger partial charge on any atom is 0.337 e. The molecule has 0 fully saturated rings. The van der Waals surface area contributed by atoms with E-state index in [0.717, 1.165) is 12.1 Å². The number of methoxy groups -OCH3 is 1. The highest BCUT2D eigenvalue weighted by Gasteiger charge is 2.25. The highest BCUT2D eigenvalue weighted by atomic mass is 16.5. The Bertz CT molecular complexity index is 488. The molecule has 0 atom stereocenters. The summed E-state index contributed by atoms with van der Waals surface area (Å²) in [6, 6.07) is 5.19. The standard InChI is InChI=1S/C16H26N2O2/c1-15(2,3)10-16(4,5)18-13-8-7-11(9-12(13)17)14(19)20-6/h7-9,18H,10,17H2,1-6H3. The van der Waals surface area contributed by atoms with Gasteiger partial charge >= 0.3 is 5.97 Å². The van der Waals surface area contributed by atoms with Crippen LogP contribution in [0.4, 0.5) is 11.4 Å². The van der Waals surface area contributed by atoms with E-state index >= 15 is 0 Å². The molecule has 0 spiro atoms. The number of carbonyl (C=O) groups is 1. The average molecular weight is 278 g/mol. The molecular formula is C16H26N2O2. The fraction of sp³-hybridized carbons (Fsp3) is 0.562. The second-order valence-corrected chi connectivity index (χ2v) is 7.04. The van der Waals surface area contributed by atoms with Crippen LogP contribution in [0.2, 0.25) is 0 Å². The van der Waals surface area contributed by atoms with Crippen LogP contribution in [0.25, 0.3) is 0 Å². The van der Waals surface area contributed by atoms with Gasteiger partial charge in [-0.15, -0.1) is 0 Å². The number of nitrogens with one attached hydrogen (secondary N) is 1. The summed E-state index contributed by atoms with van der Waals surface area (Å²) in [5, 5.41) is 3.45. The van der Waals surface area contributed by atoms with Crippen molar-refractivity contribution in [3.05, 3.63) is 23.8 Å². The minimum atomic E-state index is -0.378. The van der Waals surface area contributed by atoms with Crippen molar-refractivity contribution >= 4 is 17.3 Å². The zero-order chi connectivity index (χ0) is 15.6.